The van der Waals surface area contributed by atoms with Gasteiger partial charge >= 0.3 is 17.9 Å². The van der Waals surface area contributed by atoms with E-state index < -0.39 is 6.10 Å². The molecule has 0 spiro atoms. The summed E-state index contributed by atoms with van der Waals surface area (Å²) in [4.78, 5) is 38.0. The first-order valence-electron chi connectivity index (χ1n) is 27.1. The fraction of sp³-hybridized carbons (Fsp3) is 0.712. The van der Waals surface area contributed by atoms with Crippen molar-refractivity contribution >= 4 is 17.9 Å². The summed E-state index contributed by atoms with van der Waals surface area (Å²) in [6, 6.07) is 0. The number of hydrogen-bond donors (Lipinski definition) is 0. The van der Waals surface area contributed by atoms with Crippen LogP contribution in [-0.4, -0.2) is 37.2 Å². The van der Waals surface area contributed by atoms with Gasteiger partial charge in [0.05, 0.1) is 0 Å². The predicted octanol–water partition coefficient (Wildman–Crippen LogP) is 18.0. The summed E-state index contributed by atoms with van der Waals surface area (Å²) < 4.78 is 16.8. The number of esters is 3. The summed E-state index contributed by atoms with van der Waals surface area (Å²) in [5.41, 5.74) is 0. The molecule has 0 N–H and O–H groups in total. The summed E-state index contributed by atoms with van der Waals surface area (Å²) in [6.07, 6.45) is 68.5. The van der Waals surface area contributed by atoms with Crippen molar-refractivity contribution < 1.29 is 28.6 Å². The van der Waals surface area contributed by atoms with E-state index in [0.29, 0.717) is 19.3 Å². The molecule has 0 heterocycles. The third-order valence-corrected chi connectivity index (χ3v) is 11.3. The van der Waals surface area contributed by atoms with E-state index in [1.807, 2.05) is 0 Å². The number of unbranched alkanes of at least 4 members (excludes halogenated alkanes) is 23. The normalized spacial score (nSPS) is 12.7. The molecule has 0 aromatic rings. The van der Waals surface area contributed by atoms with Crippen LogP contribution < -0.4 is 0 Å². The van der Waals surface area contributed by atoms with Crippen molar-refractivity contribution in [2.24, 2.45) is 0 Å². The van der Waals surface area contributed by atoms with Crippen LogP contribution in [0.1, 0.15) is 252 Å². The number of rotatable bonds is 48. The van der Waals surface area contributed by atoms with Gasteiger partial charge in [-0.2, -0.15) is 0 Å². The van der Waals surface area contributed by atoms with Gasteiger partial charge in [0.25, 0.3) is 0 Å². The van der Waals surface area contributed by atoms with Gasteiger partial charge in [-0.15, -0.1) is 0 Å². The van der Waals surface area contributed by atoms with Crippen LogP contribution in [0.3, 0.4) is 0 Å². The Bertz CT molecular complexity index is 1270. The molecule has 0 bridgehead atoms. The largest absolute Gasteiger partial charge is 0.462 e. The van der Waals surface area contributed by atoms with Gasteiger partial charge in [-0.1, -0.05) is 196 Å². The fourth-order valence-corrected chi connectivity index (χ4v) is 7.21. The maximum atomic E-state index is 12.8. The highest BCUT2D eigenvalue weighted by molar-refractivity contribution is 5.71. The van der Waals surface area contributed by atoms with Gasteiger partial charge in [-0.05, 0) is 122 Å². The van der Waals surface area contributed by atoms with E-state index in [0.717, 1.165) is 103 Å². The second-order valence-corrected chi connectivity index (χ2v) is 17.8. The lowest BCUT2D eigenvalue weighted by molar-refractivity contribution is -0.167. The van der Waals surface area contributed by atoms with Crippen LogP contribution in [0.25, 0.3) is 0 Å². The van der Waals surface area contributed by atoms with Crippen LogP contribution in [0.2, 0.25) is 0 Å². The number of ether oxygens (including phenoxy) is 3. The Balaban J connectivity index is 4.48. The molecule has 0 amide bonds. The van der Waals surface area contributed by atoms with Crippen molar-refractivity contribution in [3.63, 3.8) is 0 Å². The molecule has 0 aliphatic heterocycles. The molecule has 0 unspecified atom stereocenters. The Labute approximate surface area is 401 Å². The minimum atomic E-state index is -0.806. The monoisotopic (exact) mass is 905 g/mol. The fourth-order valence-electron chi connectivity index (χ4n) is 7.21. The smallest absolute Gasteiger partial charge is 0.306 e. The highest BCUT2D eigenvalue weighted by Gasteiger charge is 2.19. The lowest BCUT2D eigenvalue weighted by Crippen LogP contribution is -2.30. The lowest BCUT2D eigenvalue weighted by Gasteiger charge is -2.18. The molecule has 0 aliphatic rings. The zero-order valence-corrected chi connectivity index (χ0v) is 42.5. The van der Waals surface area contributed by atoms with E-state index in [4.69, 9.17) is 14.2 Å². The van der Waals surface area contributed by atoms with E-state index in [9.17, 15) is 14.4 Å². The summed E-state index contributed by atoms with van der Waals surface area (Å²) >= 11 is 0. The van der Waals surface area contributed by atoms with Gasteiger partial charge in [0.2, 0.25) is 0 Å². The second kappa shape index (κ2) is 53.2. The molecule has 0 fully saturated rings. The topological polar surface area (TPSA) is 78.9 Å². The number of carbonyl (C=O) groups is 3. The molecule has 1 atom stereocenters. The SMILES string of the molecule is CCCCC/C=C\C/C=C\C/C=C\CCCCC(=O)O[C@@H](COC(=O)CCCCCCC/C=C\C/C=C\CCCCC)COC(=O)CCCCCCCCC/C=C\C/C=C\CCCCC. The predicted molar refractivity (Wildman–Crippen MR) is 279 cm³/mol. The highest BCUT2D eigenvalue weighted by atomic mass is 16.6. The Morgan fingerprint density at radius 3 is 0.892 bits per heavy atom. The van der Waals surface area contributed by atoms with Crippen LogP contribution in [0.4, 0.5) is 0 Å². The van der Waals surface area contributed by atoms with E-state index in [1.165, 1.54) is 103 Å². The Morgan fingerprint density at radius 1 is 0.308 bits per heavy atom. The summed E-state index contributed by atoms with van der Waals surface area (Å²) in [7, 11) is 0. The molecule has 0 saturated heterocycles. The zero-order chi connectivity index (χ0) is 47.2. The maximum absolute atomic E-state index is 12.8. The number of hydrogen-bond acceptors (Lipinski definition) is 6. The van der Waals surface area contributed by atoms with E-state index in [2.05, 4.69) is 106 Å². The van der Waals surface area contributed by atoms with E-state index in [-0.39, 0.29) is 37.5 Å². The molecule has 0 aromatic carbocycles. The molecule has 0 aromatic heterocycles. The first kappa shape index (κ1) is 61.6. The van der Waals surface area contributed by atoms with Crippen molar-refractivity contribution in [3.8, 4) is 0 Å². The molecular weight excluding hydrogens is 805 g/mol. The average molecular weight is 905 g/mol. The van der Waals surface area contributed by atoms with Crippen LogP contribution in [0, 0.1) is 0 Å². The van der Waals surface area contributed by atoms with Crippen LogP contribution in [-0.2, 0) is 28.6 Å². The van der Waals surface area contributed by atoms with E-state index in [1.54, 1.807) is 0 Å². The average Bonchev–Trinajstić information content (AvgIpc) is 3.30. The van der Waals surface area contributed by atoms with Crippen LogP contribution >= 0.6 is 0 Å². The highest BCUT2D eigenvalue weighted by Crippen LogP contribution is 2.13. The summed E-state index contributed by atoms with van der Waals surface area (Å²) in [6.45, 7) is 6.51. The summed E-state index contributed by atoms with van der Waals surface area (Å²) in [5.74, 6) is -0.960. The van der Waals surface area contributed by atoms with Gasteiger partial charge in [0, 0.05) is 19.3 Å². The minimum Gasteiger partial charge on any atom is -0.462 e. The molecule has 0 radical (unpaired) electrons. The van der Waals surface area contributed by atoms with Gasteiger partial charge in [-0.3, -0.25) is 14.4 Å². The maximum Gasteiger partial charge on any atom is 0.306 e. The third kappa shape index (κ3) is 51.4. The molecule has 6 heteroatoms. The Hall–Kier alpha value is -3.41. The Morgan fingerprint density at radius 2 is 0.554 bits per heavy atom. The minimum absolute atomic E-state index is 0.101. The van der Waals surface area contributed by atoms with Gasteiger partial charge in [0.15, 0.2) is 6.10 Å². The first-order chi connectivity index (χ1) is 32.0. The standard InChI is InChI=1S/C59H100O6/c1-4-7-10-13-16-19-22-25-28-29-32-34-37-40-43-46-49-52-58(61)64-55-56(65-59(62)53-50-47-44-41-38-35-31-27-24-21-18-15-12-9-6-3)54-63-57(60)51-48-45-42-39-36-33-30-26-23-20-17-14-11-8-5-2/h16-21,25-28,30-31,38,41,56H,4-15,22-24,29,32-37,39-40,42-55H2,1-3H3/b19-16-,20-17-,21-18-,28-25-,30-26-,31-27-,41-38-/t56-/m0/s1. The van der Waals surface area contributed by atoms with Crippen molar-refractivity contribution in [2.45, 2.75) is 258 Å². The molecule has 0 saturated carbocycles. The molecule has 0 rings (SSSR count). The zero-order valence-electron chi connectivity index (χ0n) is 42.5. The van der Waals surface area contributed by atoms with Crippen LogP contribution in [0.5, 0.6) is 0 Å². The van der Waals surface area contributed by atoms with Crippen molar-refractivity contribution in [3.05, 3.63) is 85.1 Å². The van der Waals surface area contributed by atoms with Crippen molar-refractivity contribution in [2.75, 3.05) is 13.2 Å². The quantitative estimate of drug-likeness (QED) is 0.0262. The second-order valence-electron chi connectivity index (χ2n) is 17.8. The van der Waals surface area contributed by atoms with E-state index >= 15 is 0 Å². The van der Waals surface area contributed by atoms with Crippen molar-refractivity contribution in [1.29, 1.82) is 0 Å². The molecule has 372 valence electrons. The summed E-state index contributed by atoms with van der Waals surface area (Å²) in [5, 5.41) is 0. The Kier molecular flexibility index (Phi) is 50.4. The first-order valence-corrected chi connectivity index (χ1v) is 27.1. The molecular formula is C59H100O6. The number of allylic oxidation sites excluding steroid dienone is 14. The van der Waals surface area contributed by atoms with Crippen molar-refractivity contribution in [1.82, 2.24) is 0 Å². The van der Waals surface area contributed by atoms with Gasteiger partial charge < -0.3 is 14.2 Å². The third-order valence-electron chi connectivity index (χ3n) is 11.3. The van der Waals surface area contributed by atoms with Gasteiger partial charge in [0.1, 0.15) is 13.2 Å². The molecule has 0 aliphatic carbocycles. The lowest BCUT2D eigenvalue weighted by atomic mass is 10.1. The molecule has 65 heavy (non-hydrogen) atoms. The number of carbonyl (C=O) groups excluding carboxylic acids is 3. The molecule has 6 nitrogen and oxygen atoms in total. The van der Waals surface area contributed by atoms with Gasteiger partial charge in [-0.25, -0.2) is 0 Å². The van der Waals surface area contributed by atoms with Crippen LogP contribution in [0.15, 0.2) is 85.1 Å².